The lowest BCUT2D eigenvalue weighted by Crippen LogP contribution is -2.53. The third kappa shape index (κ3) is 2.85. The number of carboxylic acids is 1. The van der Waals surface area contributed by atoms with E-state index in [-0.39, 0.29) is 0 Å². The fourth-order valence-corrected chi connectivity index (χ4v) is 8.82. The Kier molecular flexibility index (Phi) is 4.93. The molecular formula is C24H40O2. The molecule has 0 bridgehead atoms. The van der Waals surface area contributed by atoms with Gasteiger partial charge in [0.25, 0.3) is 0 Å². The first kappa shape index (κ1) is 18.8. The van der Waals surface area contributed by atoms with Crippen molar-refractivity contribution in [1.82, 2.24) is 0 Å². The fraction of sp³-hybridized carbons (Fsp3) is 0.958. The summed E-state index contributed by atoms with van der Waals surface area (Å²) in [6, 6.07) is 0. The van der Waals surface area contributed by atoms with Gasteiger partial charge < -0.3 is 5.11 Å². The summed E-state index contributed by atoms with van der Waals surface area (Å²) in [5, 5.41) is 9.09. The van der Waals surface area contributed by atoms with Crippen LogP contribution in [0.25, 0.3) is 0 Å². The smallest absolute Gasteiger partial charge is 0.303 e. The molecule has 0 aromatic heterocycles. The second-order valence-electron chi connectivity index (χ2n) is 11.0. The second kappa shape index (κ2) is 6.82. The first-order valence-corrected chi connectivity index (χ1v) is 11.6. The lowest BCUT2D eigenvalue weighted by molar-refractivity contribution is -0.137. The first-order chi connectivity index (χ1) is 12.4. The van der Waals surface area contributed by atoms with Crippen LogP contribution in [0.4, 0.5) is 0 Å². The Labute approximate surface area is 160 Å². The zero-order chi connectivity index (χ0) is 18.5. The van der Waals surface area contributed by atoms with Crippen LogP contribution in [-0.4, -0.2) is 11.1 Å². The highest BCUT2D eigenvalue weighted by atomic mass is 16.4. The molecular weight excluding hydrogens is 320 g/mol. The summed E-state index contributed by atoms with van der Waals surface area (Å²) in [7, 11) is 0. The van der Waals surface area contributed by atoms with Gasteiger partial charge >= 0.3 is 5.97 Å². The molecule has 8 atom stereocenters. The van der Waals surface area contributed by atoms with Crippen molar-refractivity contribution in [3.8, 4) is 0 Å². The number of carbonyl (C=O) groups is 1. The zero-order valence-electron chi connectivity index (χ0n) is 17.3. The molecule has 26 heavy (non-hydrogen) atoms. The third-order valence-electron chi connectivity index (χ3n) is 10.2. The van der Waals surface area contributed by atoms with Crippen LogP contribution in [0, 0.1) is 46.3 Å². The van der Waals surface area contributed by atoms with E-state index in [4.69, 9.17) is 5.11 Å². The summed E-state index contributed by atoms with van der Waals surface area (Å²) >= 11 is 0. The van der Waals surface area contributed by atoms with Crippen LogP contribution in [-0.2, 0) is 4.79 Å². The summed E-state index contributed by atoms with van der Waals surface area (Å²) in [5.41, 5.74) is 1.12. The zero-order valence-corrected chi connectivity index (χ0v) is 17.3. The highest BCUT2D eigenvalue weighted by molar-refractivity contribution is 5.66. The topological polar surface area (TPSA) is 37.3 Å². The summed E-state index contributed by atoms with van der Waals surface area (Å²) < 4.78 is 0. The Bertz CT molecular complexity index is 542. The van der Waals surface area contributed by atoms with Crippen LogP contribution < -0.4 is 0 Å². The highest BCUT2D eigenvalue weighted by Gasteiger charge is 2.60. The van der Waals surface area contributed by atoms with Gasteiger partial charge in [0.2, 0.25) is 0 Å². The van der Waals surface area contributed by atoms with E-state index in [0.717, 1.165) is 36.0 Å². The summed E-state index contributed by atoms with van der Waals surface area (Å²) in [6.07, 6.45) is 15.7. The van der Waals surface area contributed by atoms with Gasteiger partial charge in [-0.25, -0.2) is 0 Å². The van der Waals surface area contributed by atoms with E-state index in [9.17, 15) is 4.79 Å². The molecule has 0 spiro atoms. The van der Waals surface area contributed by atoms with Gasteiger partial charge in [-0.3, -0.25) is 4.79 Å². The van der Waals surface area contributed by atoms with Gasteiger partial charge in [0.15, 0.2) is 0 Å². The average Bonchev–Trinajstić information content (AvgIpc) is 2.96. The number of hydrogen-bond acceptors (Lipinski definition) is 1. The minimum absolute atomic E-state index is 0.351. The maximum absolute atomic E-state index is 11.0. The van der Waals surface area contributed by atoms with E-state index in [1.54, 1.807) is 0 Å². The molecule has 0 heterocycles. The molecule has 2 heteroatoms. The maximum Gasteiger partial charge on any atom is 0.303 e. The lowest BCUT2D eigenvalue weighted by Gasteiger charge is -2.61. The van der Waals surface area contributed by atoms with Crippen molar-refractivity contribution in [3.63, 3.8) is 0 Å². The van der Waals surface area contributed by atoms with Gasteiger partial charge in [-0.2, -0.15) is 0 Å². The van der Waals surface area contributed by atoms with E-state index in [0.29, 0.717) is 23.2 Å². The molecule has 2 nitrogen and oxygen atoms in total. The Balaban J connectivity index is 1.52. The normalized spacial score (nSPS) is 49.0. The largest absolute Gasteiger partial charge is 0.481 e. The molecule has 0 aliphatic heterocycles. The molecule has 0 aromatic rings. The Morgan fingerprint density at radius 2 is 1.73 bits per heavy atom. The molecule has 0 radical (unpaired) electrons. The van der Waals surface area contributed by atoms with E-state index in [1.165, 1.54) is 64.2 Å². The first-order valence-electron chi connectivity index (χ1n) is 11.6. The van der Waals surface area contributed by atoms with Crippen molar-refractivity contribution in [2.45, 2.75) is 97.8 Å². The van der Waals surface area contributed by atoms with Crippen LogP contribution in [0.5, 0.6) is 0 Å². The minimum atomic E-state index is -0.621. The van der Waals surface area contributed by atoms with Crippen molar-refractivity contribution in [1.29, 1.82) is 0 Å². The number of hydrogen-bond donors (Lipinski definition) is 1. The molecule has 0 amide bonds. The second-order valence-corrected chi connectivity index (χ2v) is 11.0. The molecule has 4 fully saturated rings. The summed E-state index contributed by atoms with van der Waals surface area (Å²) in [6.45, 7) is 7.60. The monoisotopic (exact) mass is 360 g/mol. The van der Waals surface area contributed by atoms with Crippen LogP contribution in [0.1, 0.15) is 97.8 Å². The van der Waals surface area contributed by atoms with E-state index >= 15 is 0 Å². The van der Waals surface area contributed by atoms with Gasteiger partial charge in [0.1, 0.15) is 0 Å². The van der Waals surface area contributed by atoms with Crippen LogP contribution in [0.3, 0.4) is 0 Å². The Morgan fingerprint density at radius 3 is 2.50 bits per heavy atom. The lowest BCUT2D eigenvalue weighted by atomic mass is 9.44. The predicted molar refractivity (Wildman–Crippen MR) is 106 cm³/mol. The van der Waals surface area contributed by atoms with Gasteiger partial charge in [-0.1, -0.05) is 33.6 Å². The Morgan fingerprint density at radius 1 is 0.962 bits per heavy atom. The minimum Gasteiger partial charge on any atom is -0.481 e. The molecule has 0 aromatic carbocycles. The molecule has 1 N–H and O–H groups in total. The predicted octanol–water partition coefficient (Wildman–Crippen LogP) is 6.54. The van der Waals surface area contributed by atoms with Crippen LogP contribution in [0.2, 0.25) is 0 Å². The molecule has 4 rings (SSSR count). The molecule has 0 saturated heterocycles. The van der Waals surface area contributed by atoms with Crippen molar-refractivity contribution >= 4 is 5.97 Å². The third-order valence-corrected chi connectivity index (χ3v) is 10.2. The maximum atomic E-state index is 11.0. The average molecular weight is 361 g/mol. The van der Waals surface area contributed by atoms with Gasteiger partial charge in [-0.05, 0) is 104 Å². The van der Waals surface area contributed by atoms with Crippen molar-refractivity contribution in [2.24, 2.45) is 46.3 Å². The quantitative estimate of drug-likeness (QED) is 0.618. The number of aliphatic carboxylic acids is 1. The van der Waals surface area contributed by atoms with Crippen molar-refractivity contribution in [3.05, 3.63) is 0 Å². The summed E-state index contributed by atoms with van der Waals surface area (Å²) in [4.78, 5) is 11.0. The van der Waals surface area contributed by atoms with Crippen LogP contribution >= 0.6 is 0 Å². The van der Waals surface area contributed by atoms with E-state index in [1.807, 2.05) is 0 Å². The highest BCUT2D eigenvalue weighted by Crippen LogP contribution is 2.68. The van der Waals surface area contributed by atoms with Crippen molar-refractivity contribution in [2.75, 3.05) is 0 Å². The number of carboxylic acid groups (broad SMARTS) is 1. The van der Waals surface area contributed by atoms with Gasteiger partial charge in [0, 0.05) is 6.42 Å². The molecule has 4 aliphatic carbocycles. The molecule has 4 saturated carbocycles. The standard InChI is InChI=1S/C24H40O2/c1-16(7-12-22(25)26)19-10-11-20-18-9-8-17-6-4-5-14-23(17,2)21(18)13-15-24(19,20)3/h16-21H,4-15H2,1-3H3,(H,25,26)/t16?,17?,18?,19?,20?,21?,23-,24?/m0/s1. The number of fused-ring (bicyclic) bond motifs is 5. The SMILES string of the molecule is CC(CCC(=O)O)C1CCC2C3CCC4CCCC[C@]4(C)C3CCC12C. The molecule has 4 aliphatic rings. The fourth-order valence-electron chi connectivity index (χ4n) is 8.82. The molecule has 7 unspecified atom stereocenters. The Hall–Kier alpha value is -0.530. The van der Waals surface area contributed by atoms with Crippen molar-refractivity contribution < 1.29 is 9.90 Å². The number of rotatable bonds is 4. The summed E-state index contributed by atoms with van der Waals surface area (Å²) in [5.74, 6) is 4.57. The molecule has 148 valence electrons. The van der Waals surface area contributed by atoms with Gasteiger partial charge in [-0.15, -0.1) is 0 Å². The van der Waals surface area contributed by atoms with Gasteiger partial charge in [0.05, 0.1) is 0 Å². The van der Waals surface area contributed by atoms with Crippen LogP contribution in [0.15, 0.2) is 0 Å². The van der Waals surface area contributed by atoms with E-state index < -0.39 is 5.97 Å². The van der Waals surface area contributed by atoms with E-state index in [2.05, 4.69) is 20.8 Å².